The largest absolute Gasteiger partial charge is 0.491 e. The van der Waals surface area contributed by atoms with E-state index in [1.807, 2.05) is 45.0 Å². The lowest BCUT2D eigenvalue weighted by molar-refractivity contribution is -0.116. The van der Waals surface area contributed by atoms with Crippen molar-refractivity contribution in [3.8, 4) is 5.75 Å². The molecule has 0 atom stereocenters. The van der Waals surface area contributed by atoms with Crippen LogP contribution >= 0.6 is 11.6 Å². The zero-order valence-electron chi connectivity index (χ0n) is 14.3. The van der Waals surface area contributed by atoms with Crippen molar-refractivity contribution >= 4 is 23.6 Å². The molecule has 1 heterocycles. The summed E-state index contributed by atoms with van der Waals surface area (Å²) in [4.78, 5) is 11.9. The van der Waals surface area contributed by atoms with Gasteiger partial charge < -0.3 is 10.1 Å². The number of carbonyl (C=O) groups excluding carboxylic acids is 1. The Labute approximate surface area is 147 Å². The van der Waals surface area contributed by atoms with Crippen LogP contribution in [0.4, 0.5) is 0 Å². The summed E-state index contributed by atoms with van der Waals surface area (Å²) in [6, 6.07) is 7.67. The van der Waals surface area contributed by atoms with E-state index >= 15 is 0 Å². The Kier molecular flexibility index (Phi) is 6.04. The third-order valence-electron chi connectivity index (χ3n) is 3.36. The molecule has 1 amide bonds. The molecule has 0 saturated carbocycles. The minimum atomic E-state index is -0.183. The minimum Gasteiger partial charge on any atom is -0.491 e. The second-order valence-corrected chi connectivity index (χ2v) is 6.13. The summed E-state index contributed by atoms with van der Waals surface area (Å²) < 4.78 is 7.17. The molecule has 1 aromatic carbocycles. The lowest BCUT2D eigenvalue weighted by atomic mass is 10.2. The highest BCUT2D eigenvalue weighted by molar-refractivity contribution is 6.31. The molecule has 0 bridgehead atoms. The van der Waals surface area contributed by atoms with Crippen LogP contribution in [0.2, 0.25) is 5.15 Å². The topological polar surface area (TPSA) is 56.2 Å². The first kappa shape index (κ1) is 18.1. The van der Waals surface area contributed by atoms with Gasteiger partial charge in [-0.05, 0) is 44.5 Å². The van der Waals surface area contributed by atoms with E-state index in [0.717, 1.165) is 22.6 Å². The molecule has 6 heteroatoms. The molecular formula is C18H22ClN3O2. The standard InChI is InChI=1S/C18H22ClN3O2/c1-12(2)24-15-7-5-14(6-8-15)11-20-17(23)10-9-16-13(3)21-22(4)18(16)19/h5-10,12H,11H2,1-4H3,(H,20,23)/b10-9+. The average Bonchev–Trinajstić information content (AvgIpc) is 2.77. The van der Waals surface area contributed by atoms with Gasteiger partial charge in [-0.3, -0.25) is 9.48 Å². The van der Waals surface area contributed by atoms with Gasteiger partial charge in [0, 0.05) is 25.2 Å². The predicted molar refractivity (Wildman–Crippen MR) is 96.0 cm³/mol. The summed E-state index contributed by atoms with van der Waals surface area (Å²) in [5.41, 5.74) is 2.54. The van der Waals surface area contributed by atoms with Crippen molar-refractivity contribution in [3.05, 3.63) is 52.3 Å². The van der Waals surface area contributed by atoms with Gasteiger partial charge >= 0.3 is 0 Å². The average molecular weight is 348 g/mol. The Morgan fingerprint density at radius 2 is 2.04 bits per heavy atom. The van der Waals surface area contributed by atoms with Gasteiger partial charge in [0.1, 0.15) is 10.9 Å². The summed E-state index contributed by atoms with van der Waals surface area (Å²) in [6.45, 7) is 6.27. The third kappa shape index (κ3) is 4.86. The molecule has 1 N–H and O–H groups in total. The summed E-state index contributed by atoms with van der Waals surface area (Å²) in [6.07, 6.45) is 3.29. The predicted octanol–water partition coefficient (Wildman–Crippen LogP) is 3.50. The van der Waals surface area contributed by atoms with E-state index in [4.69, 9.17) is 16.3 Å². The Bertz CT molecular complexity index is 733. The first-order valence-electron chi connectivity index (χ1n) is 7.77. The molecule has 1 aromatic heterocycles. The molecule has 2 aromatic rings. The summed E-state index contributed by atoms with van der Waals surface area (Å²) in [7, 11) is 1.76. The number of hydrogen-bond acceptors (Lipinski definition) is 3. The lowest BCUT2D eigenvalue weighted by Crippen LogP contribution is -2.20. The number of aryl methyl sites for hydroxylation is 2. The van der Waals surface area contributed by atoms with Crippen LogP contribution in [0.25, 0.3) is 6.08 Å². The maximum atomic E-state index is 11.9. The SMILES string of the molecule is Cc1nn(C)c(Cl)c1/C=C/C(=O)NCc1ccc(OC(C)C)cc1. The van der Waals surface area contributed by atoms with Gasteiger partial charge in [0.05, 0.1) is 11.8 Å². The molecule has 0 aliphatic carbocycles. The van der Waals surface area contributed by atoms with E-state index in [-0.39, 0.29) is 12.0 Å². The highest BCUT2D eigenvalue weighted by Gasteiger charge is 2.08. The minimum absolute atomic E-state index is 0.142. The highest BCUT2D eigenvalue weighted by atomic mass is 35.5. The third-order valence-corrected chi connectivity index (χ3v) is 3.81. The number of amides is 1. The molecule has 0 spiro atoms. The lowest BCUT2D eigenvalue weighted by Gasteiger charge is -2.10. The van der Waals surface area contributed by atoms with Crippen LogP contribution in [-0.4, -0.2) is 21.8 Å². The maximum absolute atomic E-state index is 11.9. The van der Waals surface area contributed by atoms with Gasteiger partial charge in [0.2, 0.25) is 5.91 Å². The number of aromatic nitrogens is 2. The van der Waals surface area contributed by atoms with Gasteiger partial charge in [-0.15, -0.1) is 0 Å². The quantitative estimate of drug-likeness (QED) is 0.814. The highest BCUT2D eigenvalue weighted by Crippen LogP contribution is 2.19. The van der Waals surface area contributed by atoms with Gasteiger partial charge in [-0.1, -0.05) is 23.7 Å². The fourth-order valence-electron chi connectivity index (χ4n) is 2.20. The van der Waals surface area contributed by atoms with E-state index in [1.165, 1.54) is 6.08 Å². The molecule has 2 rings (SSSR count). The molecule has 0 unspecified atom stereocenters. The van der Waals surface area contributed by atoms with Crippen molar-refractivity contribution in [1.29, 1.82) is 0 Å². The second kappa shape index (κ2) is 8.02. The number of carbonyl (C=O) groups is 1. The normalized spacial score (nSPS) is 11.2. The van der Waals surface area contributed by atoms with Crippen LogP contribution < -0.4 is 10.1 Å². The Morgan fingerprint density at radius 3 is 2.58 bits per heavy atom. The molecular weight excluding hydrogens is 326 g/mol. The van der Waals surface area contributed by atoms with Crippen LogP contribution in [0.1, 0.15) is 30.7 Å². The molecule has 0 saturated heterocycles. The molecule has 128 valence electrons. The van der Waals surface area contributed by atoms with Crippen LogP contribution in [0.3, 0.4) is 0 Å². The van der Waals surface area contributed by atoms with Gasteiger partial charge in [0.25, 0.3) is 0 Å². The Balaban J connectivity index is 1.90. The van der Waals surface area contributed by atoms with Crippen LogP contribution in [-0.2, 0) is 18.4 Å². The number of nitrogens with zero attached hydrogens (tertiary/aromatic N) is 2. The van der Waals surface area contributed by atoms with Crippen molar-refractivity contribution in [2.45, 2.75) is 33.4 Å². The fraction of sp³-hybridized carbons (Fsp3) is 0.333. The van der Waals surface area contributed by atoms with Crippen molar-refractivity contribution in [2.24, 2.45) is 7.05 Å². The van der Waals surface area contributed by atoms with Crippen molar-refractivity contribution in [2.75, 3.05) is 0 Å². The molecule has 0 aliphatic heterocycles. The van der Waals surface area contributed by atoms with Crippen LogP contribution in [0.15, 0.2) is 30.3 Å². The molecule has 24 heavy (non-hydrogen) atoms. The number of halogens is 1. The van der Waals surface area contributed by atoms with Crippen LogP contribution in [0.5, 0.6) is 5.75 Å². The smallest absolute Gasteiger partial charge is 0.244 e. The van der Waals surface area contributed by atoms with Crippen LogP contribution in [0, 0.1) is 6.92 Å². The van der Waals surface area contributed by atoms with Crippen molar-refractivity contribution < 1.29 is 9.53 Å². The Hall–Kier alpha value is -2.27. The number of hydrogen-bond donors (Lipinski definition) is 1. The molecule has 5 nitrogen and oxygen atoms in total. The number of nitrogens with one attached hydrogen (secondary N) is 1. The molecule has 0 aliphatic rings. The summed E-state index contributed by atoms with van der Waals surface area (Å²) >= 11 is 6.13. The number of ether oxygens (including phenoxy) is 1. The maximum Gasteiger partial charge on any atom is 0.244 e. The van der Waals surface area contributed by atoms with Gasteiger partial charge in [-0.25, -0.2) is 0 Å². The van der Waals surface area contributed by atoms with Gasteiger partial charge in [0.15, 0.2) is 0 Å². The monoisotopic (exact) mass is 347 g/mol. The van der Waals surface area contributed by atoms with Crippen molar-refractivity contribution in [1.82, 2.24) is 15.1 Å². The summed E-state index contributed by atoms with van der Waals surface area (Å²) in [5.74, 6) is 0.637. The fourth-order valence-corrected chi connectivity index (χ4v) is 2.44. The van der Waals surface area contributed by atoms with E-state index in [0.29, 0.717) is 11.7 Å². The summed E-state index contributed by atoms with van der Waals surface area (Å²) in [5, 5.41) is 7.55. The zero-order valence-corrected chi connectivity index (χ0v) is 15.1. The van der Waals surface area contributed by atoms with E-state index in [9.17, 15) is 4.79 Å². The zero-order chi connectivity index (χ0) is 17.7. The molecule has 0 radical (unpaired) electrons. The first-order chi connectivity index (χ1) is 11.4. The van der Waals surface area contributed by atoms with Gasteiger partial charge in [-0.2, -0.15) is 5.10 Å². The number of rotatable bonds is 6. The van der Waals surface area contributed by atoms with E-state index in [1.54, 1.807) is 17.8 Å². The Morgan fingerprint density at radius 1 is 1.38 bits per heavy atom. The van der Waals surface area contributed by atoms with E-state index in [2.05, 4.69) is 10.4 Å². The number of benzene rings is 1. The van der Waals surface area contributed by atoms with Crippen molar-refractivity contribution in [3.63, 3.8) is 0 Å². The molecule has 0 fully saturated rings. The van der Waals surface area contributed by atoms with E-state index < -0.39 is 0 Å². The first-order valence-corrected chi connectivity index (χ1v) is 8.15. The second-order valence-electron chi connectivity index (χ2n) is 5.78.